The summed E-state index contributed by atoms with van der Waals surface area (Å²) in [6.07, 6.45) is -2.41. The summed E-state index contributed by atoms with van der Waals surface area (Å²) >= 11 is 0. The van der Waals surface area contributed by atoms with Crippen LogP contribution in [0.1, 0.15) is 22.3 Å². The second kappa shape index (κ2) is 15.4. The molecule has 3 unspecified atom stereocenters. The Morgan fingerprint density at radius 3 is 1.34 bits per heavy atom. The molecule has 0 N–H and O–H groups in total. The van der Waals surface area contributed by atoms with Crippen molar-refractivity contribution in [3.8, 4) is 0 Å². The van der Waals surface area contributed by atoms with Crippen molar-refractivity contribution in [2.24, 2.45) is 0 Å². The van der Waals surface area contributed by atoms with Gasteiger partial charge in [-0.25, -0.2) is 0 Å². The van der Waals surface area contributed by atoms with E-state index in [0.717, 1.165) is 28.5 Å². The molecule has 5 atom stereocenters. The van der Waals surface area contributed by atoms with Crippen LogP contribution in [0.25, 0.3) is 0 Å². The van der Waals surface area contributed by atoms with Crippen LogP contribution in [0.5, 0.6) is 0 Å². The summed E-state index contributed by atoms with van der Waals surface area (Å²) < 4.78 is 31.9. The number of ether oxygens (including phenoxy) is 5. The maximum atomic E-state index is 12.4. The first-order valence-corrected chi connectivity index (χ1v) is 14.0. The van der Waals surface area contributed by atoms with Gasteiger partial charge in [-0.05, 0) is 22.3 Å². The van der Waals surface area contributed by atoms with Gasteiger partial charge in [0.15, 0.2) is 6.29 Å². The van der Waals surface area contributed by atoms with Gasteiger partial charge < -0.3 is 28.5 Å². The van der Waals surface area contributed by atoms with Crippen LogP contribution in [0.15, 0.2) is 121 Å². The van der Waals surface area contributed by atoms with Crippen molar-refractivity contribution in [2.45, 2.75) is 56.9 Å². The highest BCUT2D eigenvalue weighted by molar-refractivity contribution is 5.58. The second-order valence-corrected chi connectivity index (χ2v) is 10.1. The first-order chi connectivity index (χ1) is 20.3. The molecule has 1 heterocycles. The normalized spacial score (nSPS) is 22.3. The molecule has 4 aromatic carbocycles. The highest BCUT2D eigenvalue weighted by atomic mass is 16.6. The van der Waals surface area contributed by atoms with E-state index >= 15 is 0 Å². The molecular weight excluding hydrogens is 516 g/mol. The summed E-state index contributed by atoms with van der Waals surface area (Å²) in [5, 5.41) is 0. The van der Waals surface area contributed by atoms with Gasteiger partial charge in [0, 0.05) is 0 Å². The quantitative estimate of drug-likeness (QED) is 0.181. The van der Waals surface area contributed by atoms with Gasteiger partial charge in [0.25, 0.3) is 0 Å². The number of hydrogen-bond acceptors (Lipinski definition) is 6. The van der Waals surface area contributed by atoms with Crippen LogP contribution >= 0.6 is 0 Å². The Bertz CT molecular complexity index is 1290. The topological polar surface area (TPSA) is 63.2 Å². The van der Waals surface area contributed by atoms with Crippen molar-refractivity contribution in [1.29, 1.82) is 0 Å². The van der Waals surface area contributed by atoms with Gasteiger partial charge in [-0.15, -0.1) is 0 Å². The molecule has 1 fully saturated rings. The zero-order valence-electron chi connectivity index (χ0n) is 23.0. The fraction of sp³-hybridized carbons (Fsp3) is 0.286. The van der Waals surface area contributed by atoms with Crippen LogP contribution < -0.4 is 0 Å². The minimum atomic E-state index is -0.846. The van der Waals surface area contributed by atoms with Gasteiger partial charge in [-0.3, -0.25) is 0 Å². The third kappa shape index (κ3) is 8.43. The van der Waals surface area contributed by atoms with E-state index in [9.17, 15) is 4.79 Å². The summed E-state index contributed by atoms with van der Waals surface area (Å²) in [4.78, 5) is 12.4. The predicted octanol–water partition coefficient (Wildman–Crippen LogP) is 5.93. The molecular formula is C35H36O6. The molecule has 0 aliphatic carbocycles. The van der Waals surface area contributed by atoms with E-state index in [1.807, 2.05) is 121 Å². The van der Waals surface area contributed by atoms with E-state index in [2.05, 4.69) is 0 Å². The number of carbonyl (C=O) groups excluding carboxylic acids is 1. The lowest BCUT2D eigenvalue weighted by Gasteiger charge is -2.44. The van der Waals surface area contributed by atoms with Crippen LogP contribution in [0.4, 0.5) is 0 Å². The average molecular weight is 553 g/mol. The monoisotopic (exact) mass is 552 g/mol. The van der Waals surface area contributed by atoms with Crippen molar-refractivity contribution >= 4 is 6.29 Å². The minimum Gasteiger partial charge on any atom is -0.374 e. The minimum absolute atomic E-state index is 0.231. The molecule has 212 valence electrons. The Labute approximate surface area is 241 Å². The van der Waals surface area contributed by atoms with Crippen molar-refractivity contribution < 1.29 is 28.5 Å². The lowest BCUT2D eigenvalue weighted by Crippen LogP contribution is -2.61. The molecule has 0 saturated carbocycles. The van der Waals surface area contributed by atoms with Gasteiger partial charge >= 0.3 is 0 Å². The Morgan fingerprint density at radius 2 is 0.902 bits per heavy atom. The zero-order chi connectivity index (χ0) is 28.1. The SMILES string of the molecule is O=C[C@H]1OC(COCc2ccccc2)[C@@H](OCc2ccccc2)C(OCc2ccccc2)C1OCc1ccccc1. The molecule has 1 aliphatic rings. The van der Waals surface area contributed by atoms with Crippen LogP contribution in [-0.2, 0) is 54.9 Å². The average Bonchev–Trinajstić information content (AvgIpc) is 3.04. The van der Waals surface area contributed by atoms with Crippen molar-refractivity contribution in [3.63, 3.8) is 0 Å². The molecule has 4 aromatic rings. The van der Waals surface area contributed by atoms with Gasteiger partial charge in [0.1, 0.15) is 30.5 Å². The van der Waals surface area contributed by atoms with Crippen molar-refractivity contribution in [2.75, 3.05) is 6.61 Å². The van der Waals surface area contributed by atoms with Gasteiger partial charge in [0.05, 0.1) is 33.0 Å². The molecule has 0 bridgehead atoms. The third-order valence-electron chi connectivity index (χ3n) is 7.05. The van der Waals surface area contributed by atoms with Crippen LogP contribution in [0.3, 0.4) is 0 Å². The fourth-order valence-corrected chi connectivity index (χ4v) is 4.93. The predicted molar refractivity (Wildman–Crippen MR) is 156 cm³/mol. The van der Waals surface area contributed by atoms with E-state index in [1.165, 1.54) is 0 Å². The molecule has 1 saturated heterocycles. The third-order valence-corrected chi connectivity index (χ3v) is 7.05. The highest BCUT2D eigenvalue weighted by Gasteiger charge is 2.48. The Kier molecular flexibility index (Phi) is 10.8. The van der Waals surface area contributed by atoms with E-state index < -0.39 is 30.5 Å². The summed E-state index contributed by atoms with van der Waals surface area (Å²) in [5.41, 5.74) is 4.09. The van der Waals surface area contributed by atoms with E-state index in [1.54, 1.807) is 0 Å². The number of carbonyl (C=O) groups is 1. The smallest absolute Gasteiger partial charge is 0.151 e. The maximum Gasteiger partial charge on any atom is 0.151 e. The van der Waals surface area contributed by atoms with Gasteiger partial charge in [-0.2, -0.15) is 0 Å². The molecule has 0 radical (unpaired) electrons. The molecule has 0 aromatic heterocycles. The Morgan fingerprint density at radius 1 is 0.512 bits per heavy atom. The van der Waals surface area contributed by atoms with E-state index in [-0.39, 0.29) is 6.61 Å². The Balaban J connectivity index is 1.39. The first-order valence-electron chi connectivity index (χ1n) is 14.0. The lowest BCUT2D eigenvalue weighted by atomic mass is 9.94. The second-order valence-electron chi connectivity index (χ2n) is 10.1. The largest absolute Gasteiger partial charge is 0.374 e. The number of aldehydes is 1. The molecule has 6 nitrogen and oxygen atoms in total. The zero-order valence-corrected chi connectivity index (χ0v) is 23.0. The van der Waals surface area contributed by atoms with Crippen LogP contribution in [0.2, 0.25) is 0 Å². The van der Waals surface area contributed by atoms with Crippen molar-refractivity contribution in [3.05, 3.63) is 144 Å². The highest BCUT2D eigenvalue weighted by Crippen LogP contribution is 2.30. The van der Waals surface area contributed by atoms with Crippen LogP contribution in [-0.4, -0.2) is 43.4 Å². The van der Waals surface area contributed by atoms with E-state index in [4.69, 9.17) is 23.7 Å². The summed E-state index contributed by atoms with van der Waals surface area (Å²) in [5.74, 6) is 0. The molecule has 6 heteroatoms. The number of rotatable bonds is 14. The summed E-state index contributed by atoms with van der Waals surface area (Å²) in [6, 6.07) is 39.7. The van der Waals surface area contributed by atoms with Gasteiger partial charge in [-0.1, -0.05) is 121 Å². The summed E-state index contributed by atoms with van der Waals surface area (Å²) in [7, 11) is 0. The fourth-order valence-electron chi connectivity index (χ4n) is 4.93. The maximum absolute atomic E-state index is 12.4. The standard InChI is InChI=1S/C35H36O6/c36-21-31-33(38-23-28-15-7-2-8-16-28)35(40-25-30-19-11-4-12-20-30)34(39-24-29-17-9-3-10-18-29)32(41-31)26-37-22-27-13-5-1-6-14-27/h1-21,31-35H,22-26H2/t31-,32?,33?,34-,35?/m1/s1. The van der Waals surface area contributed by atoms with E-state index in [0.29, 0.717) is 26.4 Å². The molecule has 0 spiro atoms. The van der Waals surface area contributed by atoms with Crippen LogP contribution in [0, 0.1) is 0 Å². The molecule has 41 heavy (non-hydrogen) atoms. The first kappa shape index (κ1) is 28.9. The molecule has 0 amide bonds. The van der Waals surface area contributed by atoms with Gasteiger partial charge in [0.2, 0.25) is 0 Å². The van der Waals surface area contributed by atoms with Crippen molar-refractivity contribution in [1.82, 2.24) is 0 Å². The Hall–Kier alpha value is -3.65. The molecule has 1 aliphatic heterocycles. The number of hydrogen-bond donors (Lipinski definition) is 0. The summed E-state index contributed by atoms with van der Waals surface area (Å²) in [6.45, 7) is 1.65. The molecule has 5 rings (SSSR count). The lowest BCUT2D eigenvalue weighted by molar-refractivity contribution is -0.264. The number of benzene rings is 4.